The third kappa shape index (κ3) is 1.84. The van der Waals surface area contributed by atoms with Gasteiger partial charge >= 0.3 is 0 Å². The summed E-state index contributed by atoms with van der Waals surface area (Å²) in [6.45, 7) is 3.89. The van der Waals surface area contributed by atoms with E-state index in [4.69, 9.17) is 21.1 Å². The number of fused-ring (bicyclic) bond motifs is 2. The third-order valence-corrected chi connectivity index (χ3v) is 5.16. The fraction of sp³-hybridized carbons (Fsp3) is 0.583. The second-order valence-electron chi connectivity index (χ2n) is 5.35. The molecule has 2 aliphatic rings. The van der Waals surface area contributed by atoms with E-state index in [1.54, 1.807) is 18.1 Å². The van der Waals surface area contributed by atoms with Gasteiger partial charge in [-0.15, -0.1) is 11.8 Å². The Kier molecular flexibility index (Phi) is 2.76. The smallest absolute Gasteiger partial charge is 0.165 e. The molecule has 0 aromatic carbocycles. The molecule has 0 amide bonds. The van der Waals surface area contributed by atoms with Crippen molar-refractivity contribution in [2.45, 2.75) is 37.2 Å². The van der Waals surface area contributed by atoms with E-state index < -0.39 is 5.79 Å². The second-order valence-corrected chi connectivity index (χ2v) is 6.86. The summed E-state index contributed by atoms with van der Waals surface area (Å²) in [4.78, 5) is 12.6. The molecule has 0 saturated carbocycles. The van der Waals surface area contributed by atoms with E-state index in [2.05, 4.69) is 15.0 Å². The molecule has 20 heavy (non-hydrogen) atoms. The molecule has 106 valence electrons. The third-order valence-electron chi connectivity index (χ3n) is 3.52. The maximum atomic E-state index is 6.04. The molecule has 0 unspecified atom stereocenters. The van der Waals surface area contributed by atoms with Crippen LogP contribution >= 0.6 is 23.4 Å². The molecule has 4 rings (SSSR count). The first-order valence-corrected chi connectivity index (χ1v) is 7.78. The monoisotopic (exact) mass is 312 g/mol. The molecular weight excluding hydrogens is 300 g/mol. The van der Waals surface area contributed by atoms with Crippen molar-refractivity contribution in [1.82, 2.24) is 19.5 Å². The first-order chi connectivity index (χ1) is 9.55. The molecule has 0 N–H and O–H groups in total. The van der Waals surface area contributed by atoms with Crippen LogP contribution in [-0.2, 0) is 9.47 Å². The predicted molar refractivity (Wildman–Crippen MR) is 75.7 cm³/mol. The Morgan fingerprint density at radius 2 is 2.20 bits per heavy atom. The Balaban J connectivity index is 1.75. The molecule has 2 aromatic heterocycles. The highest BCUT2D eigenvalue weighted by molar-refractivity contribution is 7.99. The van der Waals surface area contributed by atoms with Gasteiger partial charge in [-0.05, 0) is 13.8 Å². The number of hydrogen-bond donors (Lipinski definition) is 0. The minimum Gasteiger partial charge on any atom is -0.344 e. The molecular formula is C12H13ClN4O2S. The molecule has 6 nitrogen and oxygen atoms in total. The minimum absolute atomic E-state index is 0.00106. The Bertz CT molecular complexity index is 677. The van der Waals surface area contributed by atoms with Crippen molar-refractivity contribution in [2.24, 2.45) is 0 Å². The van der Waals surface area contributed by atoms with Crippen LogP contribution in [0.3, 0.4) is 0 Å². The van der Waals surface area contributed by atoms with Gasteiger partial charge < -0.3 is 9.47 Å². The van der Waals surface area contributed by atoms with Gasteiger partial charge in [-0.3, -0.25) is 4.57 Å². The maximum absolute atomic E-state index is 6.04. The number of ether oxygens (including phenoxy) is 2. The van der Waals surface area contributed by atoms with E-state index in [1.165, 1.54) is 6.33 Å². The zero-order valence-corrected chi connectivity index (χ0v) is 12.6. The van der Waals surface area contributed by atoms with E-state index in [0.29, 0.717) is 10.7 Å². The van der Waals surface area contributed by atoms with Gasteiger partial charge in [0.2, 0.25) is 0 Å². The van der Waals surface area contributed by atoms with Crippen molar-refractivity contribution in [2.75, 3.05) is 5.75 Å². The van der Waals surface area contributed by atoms with Crippen LogP contribution in [0, 0.1) is 0 Å². The molecule has 3 atom stereocenters. The van der Waals surface area contributed by atoms with Crippen LogP contribution in [0.5, 0.6) is 0 Å². The predicted octanol–water partition coefficient (Wildman–Crippen LogP) is 2.25. The number of hydrogen-bond acceptors (Lipinski definition) is 6. The van der Waals surface area contributed by atoms with Crippen LogP contribution in [0.4, 0.5) is 0 Å². The van der Waals surface area contributed by atoms with Gasteiger partial charge in [0.25, 0.3) is 0 Å². The molecule has 2 fully saturated rings. The molecule has 0 bridgehead atoms. The average Bonchev–Trinajstić information content (AvgIpc) is 3.01. The molecule has 2 saturated heterocycles. The first-order valence-electron chi connectivity index (χ1n) is 6.35. The molecule has 0 radical (unpaired) electrons. The van der Waals surface area contributed by atoms with Crippen LogP contribution in [-0.4, -0.2) is 43.3 Å². The minimum atomic E-state index is -0.530. The molecule has 0 spiro atoms. The summed E-state index contributed by atoms with van der Waals surface area (Å²) < 4.78 is 13.9. The maximum Gasteiger partial charge on any atom is 0.165 e. The largest absolute Gasteiger partial charge is 0.344 e. The van der Waals surface area contributed by atoms with E-state index >= 15 is 0 Å². The summed E-state index contributed by atoms with van der Waals surface area (Å²) >= 11 is 7.83. The lowest BCUT2D eigenvalue weighted by atomic mass is 10.2. The lowest BCUT2D eigenvalue weighted by Gasteiger charge is -2.22. The van der Waals surface area contributed by atoms with Crippen LogP contribution in [0.15, 0.2) is 12.7 Å². The highest BCUT2D eigenvalue weighted by atomic mass is 35.5. The van der Waals surface area contributed by atoms with Gasteiger partial charge in [-0.25, -0.2) is 15.0 Å². The number of nitrogens with zero attached hydrogens (tertiary/aromatic N) is 4. The van der Waals surface area contributed by atoms with Crippen molar-refractivity contribution in [1.29, 1.82) is 0 Å². The van der Waals surface area contributed by atoms with Crippen LogP contribution < -0.4 is 0 Å². The van der Waals surface area contributed by atoms with Gasteiger partial charge in [0, 0.05) is 5.75 Å². The number of rotatable bonds is 1. The van der Waals surface area contributed by atoms with Crippen LogP contribution in [0.1, 0.15) is 19.2 Å². The summed E-state index contributed by atoms with van der Waals surface area (Å²) in [5, 5.41) is 0.468. The fourth-order valence-electron chi connectivity index (χ4n) is 2.77. The van der Waals surface area contributed by atoms with Gasteiger partial charge in [0.15, 0.2) is 16.6 Å². The van der Waals surface area contributed by atoms with Crippen molar-refractivity contribution < 1.29 is 9.47 Å². The van der Waals surface area contributed by atoms with Gasteiger partial charge in [0.05, 0.1) is 12.4 Å². The van der Waals surface area contributed by atoms with Gasteiger partial charge in [-0.1, -0.05) is 11.6 Å². The Morgan fingerprint density at radius 1 is 1.35 bits per heavy atom. The van der Waals surface area contributed by atoms with Gasteiger partial charge in [0.1, 0.15) is 23.3 Å². The normalized spacial score (nSPS) is 31.9. The van der Waals surface area contributed by atoms with E-state index in [0.717, 1.165) is 11.4 Å². The second kappa shape index (κ2) is 4.30. The Hall–Kier alpha value is -0.890. The number of halogens is 1. The standard InChI is InChI=1S/C12H13ClN4O2S/c1-12(2)18-6-3-20-11(8(6)19-12)17-5-16-7-9(13)14-4-15-10(7)17/h4-6,8,11H,3H2,1-2H3/t6-,8-,11-/m1/s1. The summed E-state index contributed by atoms with van der Waals surface area (Å²) in [5.74, 6) is 0.370. The summed E-state index contributed by atoms with van der Waals surface area (Å²) in [6.07, 6.45) is 3.31. The topological polar surface area (TPSA) is 62.1 Å². The van der Waals surface area contributed by atoms with Crippen LogP contribution in [0.2, 0.25) is 5.15 Å². The lowest BCUT2D eigenvalue weighted by molar-refractivity contribution is -0.146. The van der Waals surface area contributed by atoms with E-state index in [9.17, 15) is 0 Å². The molecule has 8 heteroatoms. The average molecular weight is 313 g/mol. The lowest BCUT2D eigenvalue weighted by Crippen LogP contribution is -2.26. The van der Waals surface area contributed by atoms with Crippen molar-refractivity contribution >= 4 is 34.5 Å². The Morgan fingerprint density at radius 3 is 3.05 bits per heavy atom. The highest BCUT2D eigenvalue weighted by Gasteiger charge is 2.50. The summed E-state index contributed by atoms with van der Waals surface area (Å²) in [7, 11) is 0. The van der Waals surface area contributed by atoms with Crippen molar-refractivity contribution in [3.05, 3.63) is 17.8 Å². The van der Waals surface area contributed by atoms with Crippen LogP contribution in [0.25, 0.3) is 11.2 Å². The molecule has 2 aromatic rings. The number of thioether (sulfide) groups is 1. The summed E-state index contributed by atoms with van der Waals surface area (Å²) in [5.41, 5.74) is 1.35. The zero-order chi connectivity index (χ0) is 13.9. The number of imidazole rings is 1. The van der Waals surface area contributed by atoms with Gasteiger partial charge in [-0.2, -0.15) is 0 Å². The summed E-state index contributed by atoms with van der Waals surface area (Å²) in [6, 6.07) is 0. The van der Waals surface area contributed by atoms with E-state index in [1.807, 2.05) is 18.4 Å². The van der Waals surface area contributed by atoms with E-state index in [-0.39, 0.29) is 17.6 Å². The first kappa shape index (κ1) is 12.8. The fourth-order valence-corrected chi connectivity index (χ4v) is 4.33. The van der Waals surface area contributed by atoms with Crippen molar-refractivity contribution in [3.8, 4) is 0 Å². The molecule has 4 heterocycles. The number of aromatic nitrogens is 4. The van der Waals surface area contributed by atoms with Crippen molar-refractivity contribution in [3.63, 3.8) is 0 Å². The quantitative estimate of drug-likeness (QED) is 0.753. The zero-order valence-electron chi connectivity index (χ0n) is 11.0. The molecule has 2 aliphatic heterocycles. The highest BCUT2D eigenvalue weighted by Crippen LogP contribution is 2.47. The SMILES string of the molecule is CC1(C)O[C@H]2[C@H](n3cnc4c(Cl)ncnc43)SC[C@H]2O1. The Labute approximate surface area is 124 Å². The molecule has 0 aliphatic carbocycles.